The Balaban J connectivity index is 2.46. The van der Waals surface area contributed by atoms with Crippen molar-refractivity contribution in [2.24, 2.45) is 5.73 Å². The molecule has 2 N–H and O–H groups in total. The highest BCUT2D eigenvalue weighted by Gasteiger charge is 2.19. The lowest BCUT2D eigenvalue weighted by Gasteiger charge is -2.26. The predicted molar refractivity (Wildman–Crippen MR) is 64.9 cm³/mol. The van der Waals surface area contributed by atoms with Crippen LogP contribution in [-0.4, -0.2) is 47.5 Å². The van der Waals surface area contributed by atoms with E-state index in [2.05, 4.69) is 0 Å². The van der Waals surface area contributed by atoms with Crippen LogP contribution >= 0.6 is 12.2 Å². The number of hydrogen-bond acceptors (Lipinski definition) is 2. The summed E-state index contributed by atoms with van der Waals surface area (Å²) in [7, 11) is 1.74. The molecule has 0 saturated carbocycles. The van der Waals surface area contributed by atoms with Gasteiger partial charge in [0.15, 0.2) is 0 Å². The highest BCUT2D eigenvalue weighted by molar-refractivity contribution is 7.80. The summed E-state index contributed by atoms with van der Waals surface area (Å²) < 4.78 is 0. The predicted octanol–water partition coefficient (Wildman–Crippen LogP) is 1.20. The molecule has 1 rings (SSSR count). The zero-order valence-electron chi connectivity index (χ0n) is 9.24. The van der Waals surface area contributed by atoms with Crippen LogP contribution in [0.5, 0.6) is 0 Å². The number of thiocarbonyl (C=S) groups is 1. The van der Waals surface area contributed by atoms with E-state index in [1.54, 1.807) is 11.9 Å². The molecular formula is C10H19N3OS. The molecule has 0 aromatic heterocycles. The van der Waals surface area contributed by atoms with Crippen molar-refractivity contribution in [3.8, 4) is 0 Å². The zero-order valence-corrected chi connectivity index (χ0v) is 10.1. The fraction of sp³-hybridized carbons (Fsp3) is 0.800. The molecular weight excluding hydrogens is 210 g/mol. The van der Waals surface area contributed by atoms with Gasteiger partial charge in [-0.25, -0.2) is 4.79 Å². The van der Waals surface area contributed by atoms with E-state index in [0.29, 0.717) is 11.5 Å². The Hall–Kier alpha value is -0.840. The first-order valence-corrected chi connectivity index (χ1v) is 5.80. The molecule has 5 heteroatoms. The summed E-state index contributed by atoms with van der Waals surface area (Å²) in [5.74, 6) is 0. The molecule has 86 valence electrons. The second-order valence-corrected chi connectivity index (χ2v) is 4.53. The van der Waals surface area contributed by atoms with E-state index in [0.717, 1.165) is 25.9 Å². The van der Waals surface area contributed by atoms with Crippen LogP contribution in [0.3, 0.4) is 0 Å². The molecule has 15 heavy (non-hydrogen) atoms. The lowest BCUT2D eigenvalue weighted by molar-refractivity contribution is 0.170. The Labute approximate surface area is 96.4 Å². The van der Waals surface area contributed by atoms with Crippen molar-refractivity contribution >= 4 is 23.2 Å². The number of urea groups is 1. The van der Waals surface area contributed by atoms with Gasteiger partial charge in [-0.2, -0.15) is 0 Å². The van der Waals surface area contributed by atoms with Crippen LogP contribution in [0.15, 0.2) is 0 Å². The highest BCUT2D eigenvalue weighted by Crippen LogP contribution is 2.11. The first-order valence-electron chi connectivity index (χ1n) is 5.39. The topological polar surface area (TPSA) is 49.6 Å². The maximum absolute atomic E-state index is 11.9. The molecule has 4 nitrogen and oxygen atoms in total. The molecule has 0 aromatic rings. The largest absolute Gasteiger partial charge is 0.392 e. The normalized spacial score (nSPS) is 17.0. The first kappa shape index (κ1) is 12.2. The van der Waals surface area contributed by atoms with E-state index in [1.807, 2.05) is 4.90 Å². The number of amides is 2. The van der Waals surface area contributed by atoms with Gasteiger partial charge in [0.1, 0.15) is 0 Å². The summed E-state index contributed by atoms with van der Waals surface area (Å²) in [5.41, 5.74) is 5.41. The third kappa shape index (κ3) is 4.03. The number of likely N-dealkylation sites (N-methyl/N-ethyl adjacent to an activating group) is 1. The van der Waals surface area contributed by atoms with Crippen molar-refractivity contribution in [3.63, 3.8) is 0 Å². The number of carbonyl (C=O) groups is 1. The number of nitrogens with zero attached hydrogens (tertiary/aromatic N) is 2. The van der Waals surface area contributed by atoms with E-state index in [4.69, 9.17) is 18.0 Å². The molecule has 0 aliphatic carbocycles. The fourth-order valence-corrected chi connectivity index (χ4v) is 2.00. The summed E-state index contributed by atoms with van der Waals surface area (Å²) in [4.78, 5) is 15.8. The van der Waals surface area contributed by atoms with E-state index in [1.165, 1.54) is 12.8 Å². The molecule has 1 saturated heterocycles. The number of likely N-dealkylation sites (tertiary alicyclic amines) is 1. The van der Waals surface area contributed by atoms with Gasteiger partial charge in [-0.15, -0.1) is 0 Å². The molecule has 1 fully saturated rings. The van der Waals surface area contributed by atoms with Crippen molar-refractivity contribution in [2.45, 2.75) is 25.7 Å². The monoisotopic (exact) mass is 229 g/mol. The lowest BCUT2D eigenvalue weighted by atomic mass is 10.2. The average Bonchev–Trinajstić information content (AvgIpc) is 2.43. The van der Waals surface area contributed by atoms with Gasteiger partial charge in [0.25, 0.3) is 0 Å². The van der Waals surface area contributed by atoms with Gasteiger partial charge < -0.3 is 15.5 Å². The van der Waals surface area contributed by atoms with E-state index in [9.17, 15) is 4.79 Å². The van der Waals surface area contributed by atoms with Gasteiger partial charge >= 0.3 is 6.03 Å². The Kier molecular flexibility index (Phi) is 4.81. The standard InChI is InChI=1S/C10H19N3OS/c1-12(8-9(11)15)10(14)13-6-4-2-3-5-7-13/h2-8H2,1H3,(H2,11,15). The maximum atomic E-state index is 11.9. The van der Waals surface area contributed by atoms with Gasteiger partial charge in [-0.3, -0.25) is 0 Å². The van der Waals surface area contributed by atoms with Crippen LogP contribution in [0.1, 0.15) is 25.7 Å². The highest BCUT2D eigenvalue weighted by atomic mass is 32.1. The van der Waals surface area contributed by atoms with Crippen LogP contribution in [0.25, 0.3) is 0 Å². The van der Waals surface area contributed by atoms with Crippen LogP contribution < -0.4 is 5.73 Å². The first-order chi connectivity index (χ1) is 7.11. The minimum Gasteiger partial charge on any atom is -0.392 e. The van der Waals surface area contributed by atoms with Gasteiger partial charge in [-0.05, 0) is 12.8 Å². The Morgan fingerprint density at radius 2 is 1.87 bits per heavy atom. The summed E-state index contributed by atoms with van der Waals surface area (Å²) in [6.07, 6.45) is 4.66. The minimum absolute atomic E-state index is 0.0460. The Morgan fingerprint density at radius 1 is 1.33 bits per heavy atom. The third-order valence-electron chi connectivity index (χ3n) is 2.60. The van der Waals surface area contributed by atoms with Crippen LogP contribution in [0, 0.1) is 0 Å². The molecule has 0 atom stereocenters. The SMILES string of the molecule is CN(CC(N)=S)C(=O)N1CCCCCC1. The lowest BCUT2D eigenvalue weighted by Crippen LogP contribution is -2.44. The summed E-state index contributed by atoms with van der Waals surface area (Å²) in [6, 6.07) is 0.0460. The molecule has 1 aliphatic heterocycles. The van der Waals surface area contributed by atoms with Crippen molar-refractivity contribution in [3.05, 3.63) is 0 Å². The van der Waals surface area contributed by atoms with Crippen LogP contribution in [0.2, 0.25) is 0 Å². The van der Waals surface area contributed by atoms with Gasteiger partial charge in [0, 0.05) is 20.1 Å². The van der Waals surface area contributed by atoms with E-state index < -0.39 is 0 Å². The number of carbonyl (C=O) groups excluding carboxylic acids is 1. The van der Waals surface area contributed by atoms with Crippen molar-refractivity contribution in [1.29, 1.82) is 0 Å². The number of hydrogen-bond donors (Lipinski definition) is 1. The smallest absolute Gasteiger partial charge is 0.320 e. The maximum Gasteiger partial charge on any atom is 0.320 e. The summed E-state index contributed by atoms with van der Waals surface area (Å²) in [5, 5.41) is 0. The second-order valence-electron chi connectivity index (χ2n) is 4.01. The van der Waals surface area contributed by atoms with Crippen LogP contribution in [0.4, 0.5) is 4.79 Å². The third-order valence-corrected chi connectivity index (χ3v) is 2.73. The van der Waals surface area contributed by atoms with E-state index in [-0.39, 0.29) is 6.03 Å². The molecule has 0 spiro atoms. The van der Waals surface area contributed by atoms with Gasteiger partial charge in [0.2, 0.25) is 0 Å². The molecule has 0 bridgehead atoms. The summed E-state index contributed by atoms with van der Waals surface area (Å²) >= 11 is 4.78. The van der Waals surface area contributed by atoms with Crippen molar-refractivity contribution in [1.82, 2.24) is 9.80 Å². The number of nitrogens with two attached hydrogens (primary N) is 1. The van der Waals surface area contributed by atoms with Gasteiger partial charge in [-0.1, -0.05) is 25.1 Å². The Morgan fingerprint density at radius 3 is 2.33 bits per heavy atom. The molecule has 0 aromatic carbocycles. The average molecular weight is 229 g/mol. The molecule has 0 radical (unpaired) electrons. The van der Waals surface area contributed by atoms with Crippen molar-refractivity contribution < 1.29 is 4.79 Å². The molecule has 1 heterocycles. The second kappa shape index (κ2) is 5.90. The van der Waals surface area contributed by atoms with Crippen molar-refractivity contribution in [2.75, 3.05) is 26.7 Å². The summed E-state index contributed by atoms with van der Waals surface area (Å²) in [6.45, 7) is 2.09. The minimum atomic E-state index is 0.0460. The fourth-order valence-electron chi connectivity index (χ4n) is 1.80. The number of rotatable bonds is 2. The quantitative estimate of drug-likeness (QED) is 0.724. The molecule has 1 aliphatic rings. The van der Waals surface area contributed by atoms with Gasteiger partial charge in [0.05, 0.1) is 11.5 Å². The zero-order chi connectivity index (χ0) is 11.3. The Bertz CT molecular complexity index is 237. The van der Waals surface area contributed by atoms with E-state index >= 15 is 0 Å². The molecule has 0 unspecified atom stereocenters. The molecule has 2 amide bonds. The van der Waals surface area contributed by atoms with Crippen LogP contribution in [-0.2, 0) is 0 Å².